The second-order valence-corrected chi connectivity index (χ2v) is 3.61. The van der Waals surface area contributed by atoms with Crippen molar-refractivity contribution >= 4 is 5.97 Å². The summed E-state index contributed by atoms with van der Waals surface area (Å²) >= 11 is 0. The summed E-state index contributed by atoms with van der Waals surface area (Å²) in [7, 11) is 0. The maximum atomic E-state index is 10.6. The molecule has 2 heterocycles. The Labute approximate surface area is 81.9 Å². The normalized spacial score (nSPS) is 34.6. The van der Waals surface area contributed by atoms with E-state index in [2.05, 4.69) is 0 Å². The number of hydrogen-bond acceptors (Lipinski definition) is 4. The molecule has 2 rings (SSSR count). The molecule has 0 amide bonds. The van der Waals surface area contributed by atoms with Gasteiger partial charge in [0.05, 0.1) is 6.61 Å². The van der Waals surface area contributed by atoms with Gasteiger partial charge in [-0.15, -0.1) is 0 Å². The van der Waals surface area contributed by atoms with Crippen LogP contribution in [-0.2, 0) is 19.0 Å². The second kappa shape index (κ2) is 4.25. The van der Waals surface area contributed by atoms with Gasteiger partial charge in [0.15, 0.2) is 12.4 Å². The molecule has 0 aromatic carbocycles. The molecule has 0 spiro atoms. The highest BCUT2D eigenvalue weighted by atomic mass is 16.7. The standard InChI is InChI=1S/C9H14O5/c10-8(11)7-5-13-9(14-7)6-1-3-12-4-2-6/h6-7,9H,1-5H2,(H,10,11). The van der Waals surface area contributed by atoms with E-state index in [1.165, 1.54) is 0 Å². The smallest absolute Gasteiger partial charge is 0.335 e. The third-order valence-corrected chi connectivity index (χ3v) is 2.64. The van der Waals surface area contributed by atoms with Crippen LogP contribution < -0.4 is 0 Å². The lowest BCUT2D eigenvalue weighted by atomic mass is 10.00. The predicted molar refractivity (Wildman–Crippen MR) is 45.8 cm³/mol. The molecule has 0 aliphatic carbocycles. The largest absolute Gasteiger partial charge is 0.479 e. The van der Waals surface area contributed by atoms with Crippen LogP contribution in [0.1, 0.15) is 12.8 Å². The van der Waals surface area contributed by atoms with Gasteiger partial charge in [0, 0.05) is 19.1 Å². The average molecular weight is 202 g/mol. The summed E-state index contributed by atoms with van der Waals surface area (Å²) in [5, 5.41) is 8.70. The van der Waals surface area contributed by atoms with E-state index in [0.717, 1.165) is 12.8 Å². The summed E-state index contributed by atoms with van der Waals surface area (Å²) in [5.41, 5.74) is 0. The number of carboxylic acids is 1. The molecule has 14 heavy (non-hydrogen) atoms. The molecule has 5 nitrogen and oxygen atoms in total. The molecule has 0 saturated carbocycles. The number of carboxylic acid groups (broad SMARTS) is 1. The van der Waals surface area contributed by atoms with Crippen molar-refractivity contribution < 1.29 is 24.1 Å². The molecule has 2 aliphatic rings. The summed E-state index contributed by atoms with van der Waals surface area (Å²) in [6, 6.07) is 0. The maximum absolute atomic E-state index is 10.6. The van der Waals surface area contributed by atoms with Crippen LogP contribution in [0.4, 0.5) is 0 Å². The summed E-state index contributed by atoms with van der Waals surface area (Å²) in [4.78, 5) is 10.6. The number of ether oxygens (including phenoxy) is 3. The van der Waals surface area contributed by atoms with E-state index in [0.29, 0.717) is 13.2 Å². The highest BCUT2D eigenvalue weighted by Gasteiger charge is 2.36. The van der Waals surface area contributed by atoms with Crippen molar-refractivity contribution in [2.24, 2.45) is 5.92 Å². The van der Waals surface area contributed by atoms with E-state index in [9.17, 15) is 4.79 Å². The first-order chi connectivity index (χ1) is 6.77. The van der Waals surface area contributed by atoms with Crippen LogP contribution in [-0.4, -0.2) is 43.3 Å². The molecule has 2 saturated heterocycles. The molecule has 2 fully saturated rings. The van der Waals surface area contributed by atoms with Crippen LogP contribution in [0.15, 0.2) is 0 Å². The first-order valence-corrected chi connectivity index (χ1v) is 4.85. The minimum atomic E-state index is -0.945. The third kappa shape index (κ3) is 2.05. The zero-order chi connectivity index (χ0) is 9.97. The van der Waals surface area contributed by atoms with Gasteiger partial charge in [0.25, 0.3) is 0 Å². The molecule has 2 unspecified atom stereocenters. The van der Waals surface area contributed by atoms with E-state index < -0.39 is 12.1 Å². The third-order valence-electron chi connectivity index (χ3n) is 2.64. The molecule has 1 N–H and O–H groups in total. The lowest BCUT2D eigenvalue weighted by Gasteiger charge is -2.25. The molecule has 0 aromatic heterocycles. The number of carbonyl (C=O) groups is 1. The van der Waals surface area contributed by atoms with Gasteiger partial charge in [-0.2, -0.15) is 0 Å². The van der Waals surface area contributed by atoms with Crippen molar-refractivity contribution in [2.45, 2.75) is 25.2 Å². The van der Waals surface area contributed by atoms with E-state index in [1.807, 2.05) is 0 Å². The van der Waals surface area contributed by atoms with Crippen LogP contribution in [0, 0.1) is 5.92 Å². The average Bonchev–Trinajstić information content (AvgIpc) is 2.68. The Hall–Kier alpha value is -0.650. The lowest BCUT2D eigenvalue weighted by molar-refractivity contribution is -0.157. The zero-order valence-electron chi connectivity index (χ0n) is 7.85. The fourth-order valence-corrected chi connectivity index (χ4v) is 1.79. The molecular weight excluding hydrogens is 188 g/mol. The van der Waals surface area contributed by atoms with Crippen molar-refractivity contribution in [1.82, 2.24) is 0 Å². The molecule has 2 atom stereocenters. The fraction of sp³-hybridized carbons (Fsp3) is 0.889. The SMILES string of the molecule is O=C(O)C1COC(C2CCOCC2)O1. The molecule has 0 aromatic rings. The Balaban J connectivity index is 1.85. The van der Waals surface area contributed by atoms with Gasteiger partial charge in [-0.3, -0.25) is 0 Å². The summed E-state index contributed by atoms with van der Waals surface area (Å²) < 4.78 is 15.8. The lowest BCUT2D eigenvalue weighted by Crippen LogP contribution is -2.30. The Bertz CT molecular complexity index is 211. The number of hydrogen-bond donors (Lipinski definition) is 1. The van der Waals surface area contributed by atoms with E-state index in [1.54, 1.807) is 0 Å². The number of aliphatic carboxylic acids is 1. The van der Waals surface area contributed by atoms with E-state index in [-0.39, 0.29) is 18.8 Å². The Morgan fingerprint density at radius 2 is 2.00 bits per heavy atom. The minimum absolute atomic E-state index is 0.164. The van der Waals surface area contributed by atoms with E-state index >= 15 is 0 Å². The Morgan fingerprint density at radius 3 is 2.57 bits per heavy atom. The monoisotopic (exact) mass is 202 g/mol. The first-order valence-electron chi connectivity index (χ1n) is 4.85. The number of rotatable bonds is 2. The van der Waals surface area contributed by atoms with Gasteiger partial charge in [0.1, 0.15) is 0 Å². The van der Waals surface area contributed by atoms with Crippen LogP contribution >= 0.6 is 0 Å². The summed E-state index contributed by atoms with van der Waals surface area (Å²) in [6.07, 6.45) is 0.636. The van der Waals surface area contributed by atoms with Crippen LogP contribution in [0.2, 0.25) is 0 Å². The zero-order valence-corrected chi connectivity index (χ0v) is 7.85. The van der Waals surface area contributed by atoms with Gasteiger partial charge in [-0.1, -0.05) is 0 Å². The molecular formula is C9H14O5. The molecule has 80 valence electrons. The quantitative estimate of drug-likeness (QED) is 0.694. The van der Waals surface area contributed by atoms with Crippen molar-refractivity contribution in [2.75, 3.05) is 19.8 Å². The Kier molecular flexibility index (Phi) is 3.00. The second-order valence-electron chi connectivity index (χ2n) is 3.61. The maximum Gasteiger partial charge on any atom is 0.335 e. The van der Waals surface area contributed by atoms with Gasteiger partial charge in [-0.05, 0) is 12.8 Å². The van der Waals surface area contributed by atoms with Gasteiger partial charge < -0.3 is 19.3 Å². The van der Waals surface area contributed by atoms with Gasteiger partial charge >= 0.3 is 5.97 Å². The Morgan fingerprint density at radius 1 is 1.29 bits per heavy atom. The van der Waals surface area contributed by atoms with E-state index in [4.69, 9.17) is 19.3 Å². The minimum Gasteiger partial charge on any atom is -0.479 e. The van der Waals surface area contributed by atoms with Gasteiger partial charge in [-0.25, -0.2) is 4.79 Å². The molecule has 2 aliphatic heterocycles. The summed E-state index contributed by atoms with van der Waals surface area (Å²) in [5.74, 6) is -0.660. The highest BCUT2D eigenvalue weighted by Crippen LogP contribution is 2.26. The molecule has 0 bridgehead atoms. The van der Waals surface area contributed by atoms with Crippen LogP contribution in [0.5, 0.6) is 0 Å². The summed E-state index contributed by atoms with van der Waals surface area (Å²) in [6.45, 7) is 1.59. The van der Waals surface area contributed by atoms with Crippen molar-refractivity contribution in [3.63, 3.8) is 0 Å². The first kappa shape index (κ1) is 9.89. The van der Waals surface area contributed by atoms with Gasteiger partial charge in [0.2, 0.25) is 0 Å². The highest BCUT2D eigenvalue weighted by molar-refractivity contribution is 5.72. The topological polar surface area (TPSA) is 65.0 Å². The molecule has 5 heteroatoms. The van der Waals surface area contributed by atoms with Crippen molar-refractivity contribution in [1.29, 1.82) is 0 Å². The van der Waals surface area contributed by atoms with Crippen LogP contribution in [0.3, 0.4) is 0 Å². The fourth-order valence-electron chi connectivity index (χ4n) is 1.79. The van der Waals surface area contributed by atoms with Crippen LogP contribution in [0.25, 0.3) is 0 Å². The van der Waals surface area contributed by atoms with Crippen molar-refractivity contribution in [3.8, 4) is 0 Å². The van der Waals surface area contributed by atoms with Crippen molar-refractivity contribution in [3.05, 3.63) is 0 Å². The molecule has 0 radical (unpaired) electrons. The predicted octanol–water partition coefficient (Wildman–Crippen LogP) is 0.239.